The van der Waals surface area contributed by atoms with E-state index in [0.717, 1.165) is 25.1 Å². The number of rotatable bonds is 2. The van der Waals surface area contributed by atoms with Gasteiger partial charge in [-0.3, -0.25) is 9.59 Å². The van der Waals surface area contributed by atoms with Gasteiger partial charge in [-0.05, 0) is 54.7 Å². The molecule has 1 N–H and O–H groups in total. The van der Waals surface area contributed by atoms with Gasteiger partial charge in [0.15, 0.2) is 0 Å². The molecule has 5 heteroatoms. The van der Waals surface area contributed by atoms with E-state index in [2.05, 4.69) is 16.3 Å². The van der Waals surface area contributed by atoms with Crippen LogP contribution < -0.4 is 10.2 Å². The molecule has 0 aromatic heterocycles. The van der Waals surface area contributed by atoms with Crippen LogP contribution in [-0.2, 0) is 22.6 Å². The van der Waals surface area contributed by atoms with Crippen LogP contribution >= 0.6 is 0 Å². The Morgan fingerprint density at radius 3 is 2.27 bits per heavy atom. The Balaban J connectivity index is 1.38. The first-order valence-corrected chi connectivity index (χ1v) is 9.23. The highest BCUT2D eigenvalue weighted by atomic mass is 16.2. The number of carbonyl (C=O) groups is 2. The molecule has 2 aromatic rings. The molecule has 0 spiro atoms. The lowest BCUT2D eigenvalue weighted by Gasteiger charge is -2.28. The van der Waals surface area contributed by atoms with E-state index in [1.165, 1.54) is 24.1 Å². The van der Waals surface area contributed by atoms with Crippen LogP contribution in [0.3, 0.4) is 0 Å². The second-order valence-electron chi connectivity index (χ2n) is 6.94. The molecule has 0 aliphatic carbocycles. The van der Waals surface area contributed by atoms with Crippen LogP contribution in [-0.4, -0.2) is 36.3 Å². The quantitative estimate of drug-likeness (QED) is 0.848. The third kappa shape index (κ3) is 3.43. The fourth-order valence-electron chi connectivity index (χ4n) is 3.73. The number of benzene rings is 2. The van der Waals surface area contributed by atoms with E-state index < -0.39 is 11.8 Å². The molecule has 2 aromatic carbocycles. The van der Waals surface area contributed by atoms with Gasteiger partial charge in [0.1, 0.15) is 0 Å². The lowest BCUT2D eigenvalue weighted by atomic mass is 10.00. The molecule has 0 atom stereocenters. The number of hydrogen-bond acceptors (Lipinski definition) is 3. The number of nitrogens with zero attached hydrogens (tertiary/aromatic N) is 2. The van der Waals surface area contributed by atoms with Gasteiger partial charge in [-0.1, -0.05) is 24.3 Å². The number of amides is 2. The van der Waals surface area contributed by atoms with Crippen molar-refractivity contribution >= 4 is 23.2 Å². The Labute approximate surface area is 153 Å². The van der Waals surface area contributed by atoms with Crippen LogP contribution in [0.5, 0.6) is 0 Å². The molecule has 2 amide bonds. The number of carbonyl (C=O) groups excluding carboxylic acids is 2. The molecule has 0 radical (unpaired) electrons. The molecular weight excluding hydrogens is 326 g/mol. The van der Waals surface area contributed by atoms with E-state index in [-0.39, 0.29) is 0 Å². The molecule has 2 heterocycles. The smallest absolute Gasteiger partial charge is 0.313 e. The highest BCUT2D eigenvalue weighted by Crippen LogP contribution is 2.22. The van der Waals surface area contributed by atoms with Gasteiger partial charge in [0.25, 0.3) is 0 Å². The molecule has 1 fully saturated rings. The van der Waals surface area contributed by atoms with E-state index in [1.807, 2.05) is 42.5 Å². The van der Waals surface area contributed by atoms with Crippen molar-refractivity contribution in [3.8, 4) is 0 Å². The standard InChI is InChI=1S/C21H23N3O2/c25-20(21(26)24-14-11-16-5-1-2-6-17(16)15-24)22-18-7-9-19(10-8-18)23-12-3-4-13-23/h1-2,5-10H,3-4,11-15H2,(H,22,25). The van der Waals surface area contributed by atoms with E-state index in [0.29, 0.717) is 18.8 Å². The monoisotopic (exact) mass is 349 g/mol. The van der Waals surface area contributed by atoms with Gasteiger partial charge in [-0.15, -0.1) is 0 Å². The highest BCUT2D eigenvalue weighted by molar-refractivity contribution is 6.39. The van der Waals surface area contributed by atoms with Crippen LogP contribution in [0.25, 0.3) is 0 Å². The van der Waals surface area contributed by atoms with Gasteiger partial charge in [0, 0.05) is 37.6 Å². The summed E-state index contributed by atoms with van der Waals surface area (Å²) in [6.07, 6.45) is 3.25. The molecule has 2 aliphatic heterocycles. The van der Waals surface area contributed by atoms with Crippen molar-refractivity contribution < 1.29 is 9.59 Å². The van der Waals surface area contributed by atoms with Gasteiger partial charge in [-0.25, -0.2) is 0 Å². The lowest BCUT2D eigenvalue weighted by molar-refractivity contribution is -0.143. The van der Waals surface area contributed by atoms with Gasteiger partial charge in [-0.2, -0.15) is 0 Å². The maximum atomic E-state index is 12.5. The molecule has 4 rings (SSSR count). The molecule has 134 valence electrons. The molecule has 26 heavy (non-hydrogen) atoms. The van der Waals surface area contributed by atoms with Crippen molar-refractivity contribution in [2.75, 3.05) is 29.9 Å². The second-order valence-corrected chi connectivity index (χ2v) is 6.94. The predicted molar refractivity (Wildman–Crippen MR) is 102 cm³/mol. The average Bonchev–Trinajstić information content (AvgIpc) is 3.22. The normalized spacial score (nSPS) is 16.3. The maximum absolute atomic E-state index is 12.5. The lowest BCUT2D eigenvalue weighted by Crippen LogP contribution is -2.42. The van der Waals surface area contributed by atoms with Crippen LogP contribution in [0.15, 0.2) is 48.5 Å². The zero-order chi connectivity index (χ0) is 17.9. The molecule has 0 unspecified atom stereocenters. The SMILES string of the molecule is O=C(Nc1ccc(N2CCCC2)cc1)C(=O)N1CCc2ccccc2C1. The summed E-state index contributed by atoms with van der Waals surface area (Å²) in [5.41, 5.74) is 4.20. The second kappa shape index (κ2) is 7.20. The molecule has 0 bridgehead atoms. The first kappa shape index (κ1) is 16.6. The van der Waals surface area contributed by atoms with Gasteiger partial charge < -0.3 is 15.1 Å². The van der Waals surface area contributed by atoms with Crippen LogP contribution in [0.1, 0.15) is 24.0 Å². The fourth-order valence-corrected chi connectivity index (χ4v) is 3.73. The number of nitrogens with one attached hydrogen (secondary N) is 1. The number of fused-ring (bicyclic) bond motifs is 1. The summed E-state index contributed by atoms with van der Waals surface area (Å²) in [6.45, 7) is 3.24. The Morgan fingerprint density at radius 2 is 1.54 bits per heavy atom. The third-order valence-electron chi connectivity index (χ3n) is 5.21. The summed E-state index contributed by atoms with van der Waals surface area (Å²) in [5.74, 6) is -1.04. The van der Waals surface area contributed by atoms with E-state index in [1.54, 1.807) is 4.90 Å². The van der Waals surface area contributed by atoms with Gasteiger partial charge in [0.05, 0.1) is 0 Å². The first-order valence-electron chi connectivity index (χ1n) is 9.23. The molecular formula is C21H23N3O2. The van der Waals surface area contributed by atoms with Crippen molar-refractivity contribution in [3.05, 3.63) is 59.7 Å². The van der Waals surface area contributed by atoms with Crippen LogP contribution in [0.2, 0.25) is 0 Å². The summed E-state index contributed by atoms with van der Waals surface area (Å²) in [5, 5.41) is 2.73. The van der Waals surface area contributed by atoms with Gasteiger partial charge in [0.2, 0.25) is 0 Å². The van der Waals surface area contributed by atoms with Crippen LogP contribution in [0, 0.1) is 0 Å². The fraction of sp³-hybridized carbons (Fsp3) is 0.333. The highest BCUT2D eigenvalue weighted by Gasteiger charge is 2.25. The Bertz CT molecular complexity index is 810. The largest absolute Gasteiger partial charge is 0.372 e. The van der Waals surface area contributed by atoms with Crippen molar-refractivity contribution in [1.29, 1.82) is 0 Å². The molecule has 2 aliphatic rings. The summed E-state index contributed by atoms with van der Waals surface area (Å²) in [4.78, 5) is 28.8. The average molecular weight is 349 g/mol. The Morgan fingerprint density at radius 1 is 0.846 bits per heavy atom. The number of anilines is 2. The van der Waals surface area contributed by atoms with Crippen molar-refractivity contribution in [3.63, 3.8) is 0 Å². The van der Waals surface area contributed by atoms with E-state index >= 15 is 0 Å². The van der Waals surface area contributed by atoms with Crippen molar-refractivity contribution in [2.24, 2.45) is 0 Å². The van der Waals surface area contributed by atoms with Crippen molar-refractivity contribution in [2.45, 2.75) is 25.8 Å². The molecule has 1 saturated heterocycles. The van der Waals surface area contributed by atoms with Crippen molar-refractivity contribution in [1.82, 2.24) is 4.90 Å². The predicted octanol–water partition coefficient (Wildman–Crippen LogP) is 2.81. The molecule has 5 nitrogen and oxygen atoms in total. The minimum absolute atomic E-state index is 0.469. The van der Waals surface area contributed by atoms with Gasteiger partial charge >= 0.3 is 11.8 Å². The summed E-state index contributed by atoms with van der Waals surface area (Å²) < 4.78 is 0. The van der Waals surface area contributed by atoms with Crippen LogP contribution in [0.4, 0.5) is 11.4 Å². The van der Waals surface area contributed by atoms with E-state index in [4.69, 9.17) is 0 Å². The Hall–Kier alpha value is -2.82. The summed E-state index contributed by atoms with van der Waals surface area (Å²) in [7, 11) is 0. The first-order chi connectivity index (χ1) is 12.7. The summed E-state index contributed by atoms with van der Waals surface area (Å²) >= 11 is 0. The minimum atomic E-state index is -0.571. The minimum Gasteiger partial charge on any atom is -0.372 e. The Kier molecular flexibility index (Phi) is 4.61. The number of hydrogen-bond donors (Lipinski definition) is 1. The topological polar surface area (TPSA) is 52.7 Å². The van der Waals surface area contributed by atoms with E-state index in [9.17, 15) is 9.59 Å². The third-order valence-corrected chi connectivity index (χ3v) is 5.21. The zero-order valence-corrected chi connectivity index (χ0v) is 14.8. The summed E-state index contributed by atoms with van der Waals surface area (Å²) in [6, 6.07) is 15.8. The molecule has 0 saturated carbocycles. The maximum Gasteiger partial charge on any atom is 0.313 e. The zero-order valence-electron chi connectivity index (χ0n) is 14.8.